The molecule has 0 aliphatic heterocycles. The molecule has 2 rings (SSSR count). The van der Waals surface area contributed by atoms with Crippen LogP contribution >= 0.6 is 0 Å². The first-order valence-electron chi connectivity index (χ1n) is 6.94. The number of para-hydroxylation sites is 2. The molecule has 0 radical (unpaired) electrons. The third-order valence-corrected chi connectivity index (χ3v) is 2.64. The summed E-state index contributed by atoms with van der Waals surface area (Å²) < 4.78 is 11.3. The van der Waals surface area contributed by atoms with Crippen LogP contribution in [0, 0.1) is 0 Å². The van der Waals surface area contributed by atoms with Crippen molar-refractivity contribution in [1.29, 1.82) is 0 Å². The zero-order valence-electron chi connectivity index (χ0n) is 11.9. The van der Waals surface area contributed by atoms with Crippen molar-refractivity contribution in [3.8, 4) is 17.4 Å². The lowest BCUT2D eigenvalue weighted by molar-refractivity contribution is 0.319. The van der Waals surface area contributed by atoms with Gasteiger partial charge in [-0.1, -0.05) is 25.1 Å². The summed E-state index contributed by atoms with van der Waals surface area (Å²) in [6, 6.07) is 13.3. The summed E-state index contributed by atoms with van der Waals surface area (Å²) in [5.74, 6) is 2.77. The second-order valence-corrected chi connectivity index (χ2v) is 4.27. The van der Waals surface area contributed by atoms with Crippen molar-refractivity contribution in [2.24, 2.45) is 0 Å². The fraction of sp³-hybridized carbons (Fsp3) is 0.312. The van der Waals surface area contributed by atoms with Crippen molar-refractivity contribution >= 4 is 5.82 Å². The minimum absolute atomic E-state index is 0.554. The standard InChI is InChI=1S/C16H20N2O2/c1-3-12-17-15-10-7-11-16(18-15)20-14-9-6-5-8-13(14)19-4-2/h5-11H,3-4,12H2,1-2H3,(H,17,18). The van der Waals surface area contributed by atoms with Crippen molar-refractivity contribution in [3.63, 3.8) is 0 Å². The maximum absolute atomic E-state index is 5.81. The van der Waals surface area contributed by atoms with Crippen LogP contribution in [0.1, 0.15) is 20.3 Å². The molecule has 106 valence electrons. The summed E-state index contributed by atoms with van der Waals surface area (Å²) in [7, 11) is 0. The monoisotopic (exact) mass is 272 g/mol. The molecule has 0 saturated carbocycles. The van der Waals surface area contributed by atoms with Crippen molar-refractivity contribution in [1.82, 2.24) is 4.98 Å². The van der Waals surface area contributed by atoms with E-state index in [4.69, 9.17) is 9.47 Å². The van der Waals surface area contributed by atoms with Gasteiger partial charge in [0.05, 0.1) is 6.61 Å². The third kappa shape index (κ3) is 3.88. The lowest BCUT2D eigenvalue weighted by Gasteiger charge is -2.11. The van der Waals surface area contributed by atoms with Gasteiger partial charge in [0.2, 0.25) is 5.88 Å². The summed E-state index contributed by atoms with van der Waals surface area (Å²) in [5, 5.41) is 3.24. The van der Waals surface area contributed by atoms with Gasteiger partial charge in [0, 0.05) is 12.6 Å². The number of rotatable bonds is 7. The van der Waals surface area contributed by atoms with Gasteiger partial charge < -0.3 is 14.8 Å². The minimum atomic E-state index is 0.554. The Balaban J connectivity index is 2.13. The predicted molar refractivity (Wildman–Crippen MR) is 80.7 cm³/mol. The van der Waals surface area contributed by atoms with Crippen LogP contribution in [-0.4, -0.2) is 18.1 Å². The molecule has 0 saturated heterocycles. The Bertz CT molecular complexity index is 544. The van der Waals surface area contributed by atoms with E-state index in [0.29, 0.717) is 18.2 Å². The average Bonchev–Trinajstić information content (AvgIpc) is 2.48. The molecule has 1 N–H and O–H groups in total. The molecule has 2 aromatic rings. The lowest BCUT2D eigenvalue weighted by Crippen LogP contribution is -2.02. The van der Waals surface area contributed by atoms with E-state index in [9.17, 15) is 0 Å². The summed E-state index contributed by atoms with van der Waals surface area (Å²) in [6.07, 6.45) is 1.06. The van der Waals surface area contributed by atoms with Crippen LogP contribution in [0.4, 0.5) is 5.82 Å². The molecular formula is C16H20N2O2. The molecule has 20 heavy (non-hydrogen) atoms. The molecule has 0 aliphatic rings. The fourth-order valence-corrected chi connectivity index (χ4v) is 1.75. The van der Waals surface area contributed by atoms with Crippen LogP contribution < -0.4 is 14.8 Å². The summed E-state index contributed by atoms with van der Waals surface area (Å²) in [4.78, 5) is 4.42. The Labute approximate surface area is 119 Å². The summed E-state index contributed by atoms with van der Waals surface area (Å²) in [5.41, 5.74) is 0. The average molecular weight is 272 g/mol. The Hall–Kier alpha value is -2.23. The molecule has 0 atom stereocenters. The molecule has 4 nitrogen and oxygen atoms in total. The number of nitrogens with zero attached hydrogens (tertiary/aromatic N) is 1. The van der Waals surface area contributed by atoms with Gasteiger partial charge >= 0.3 is 0 Å². The first-order chi connectivity index (χ1) is 9.83. The van der Waals surface area contributed by atoms with Crippen LogP contribution in [0.2, 0.25) is 0 Å². The van der Waals surface area contributed by atoms with Gasteiger partial charge in [0.25, 0.3) is 0 Å². The third-order valence-electron chi connectivity index (χ3n) is 2.64. The van der Waals surface area contributed by atoms with E-state index in [1.807, 2.05) is 49.4 Å². The molecule has 0 unspecified atom stereocenters. The van der Waals surface area contributed by atoms with Crippen molar-refractivity contribution in [2.45, 2.75) is 20.3 Å². The van der Waals surface area contributed by atoms with Gasteiger partial charge in [-0.3, -0.25) is 0 Å². The van der Waals surface area contributed by atoms with E-state index in [1.165, 1.54) is 0 Å². The fourth-order valence-electron chi connectivity index (χ4n) is 1.75. The minimum Gasteiger partial charge on any atom is -0.490 e. The van der Waals surface area contributed by atoms with E-state index >= 15 is 0 Å². The van der Waals surface area contributed by atoms with Gasteiger partial charge in [0.1, 0.15) is 5.82 Å². The number of pyridine rings is 1. The van der Waals surface area contributed by atoms with Gasteiger partial charge in [-0.25, -0.2) is 0 Å². The molecular weight excluding hydrogens is 252 g/mol. The molecule has 4 heteroatoms. The maximum Gasteiger partial charge on any atom is 0.221 e. The quantitative estimate of drug-likeness (QED) is 0.824. The number of benzene rings is 1. The highest BCUT2D eigenvalue weighted by molar-refractivity contribution is 5.43. The number of hydrogen-bond acceptors (Lipinski definition) is 4. The Kier molecular flexibility index (Phi) is 5.24. The lowest BCUT2D eigenvalue weighted by atomic mass is 10.3. The highest BCUT2D eigenvalue weighted by atomic mass is 16.5. The van der Waals surface area contributed by atoms with Crippen molar-refractivity contribution in [2.75, 3.05) is 18.5 Å². The van der Waals surface area contributed by atoms with Crippen LogP contribution in [0.15, 0.2) is 42.5 Å². The van der Waals surface area contributed by atoms with Crippen LogP contribution in [-0.2, 0) is 0 Å². The Morgan fingerprint density at radius 2 is 1.80 bits per heavy atom. The van der Waals surface area contributed by atoms with Crippen LogP contribution in [0.3, 0.4) is 0 Å². The first-order valence-corrected chi connectivity index (χ1v) is 6.94. The second kappa shape index (κ2) is 7.38. The van der Waals surface area contributed by atoms with E-state index in [-0.39, 0.29) is 0 Å². The normalized spacial score (nSPS) is 10.1. The molecule has 1 aromatic heterocycles. The number of aromatic nitrogens is 1. The van der Waals surface area contributed by atoms with Gasteiger partial charge in [0.15, 0.2) is 11.5 Å². The number of anilines is 1. The van der Waals surface area contributed by atoms with E-state index in [0.717, 1.165) is 24.5 Å². The Morgan fingerprint density at radius 1 is 1.00 bits per heavy atom. The highest BCUT2D eigenvalue weighted by Gasteiger charge is 2.06. The number of ether oxygens (including phenoxy) is 2. The molecule has 1 heterocycles. The topological polar surface area (TPSA) is 43.4 Å². The second-order valence-electron chi connectivity index (χ2n) is 4.27. The summed E-state index contributed by atoms with van der Waals surface area (Å²) in [6.45, 7) is 5.56. The highest BCUT2D eigenvalue weighted by Crippen LogP contribution is 2.30. The van der Waals surface area contributed by atoms with E-state index in [1.54, 1.807) is 0 Å². The molecule has 1 aromatic carbocycles. The SMILES string of the molecule is CCCNc1cccc(Oc2ccccc2OCC)n1. The molecule has 0 aliphatic carbocycles. The van der Waals surface area contributed by atoms with Crippen molar-refractivity contribution < 1.29 is 9.47 Å². The molecule has 0 fully saturated rings. The molecule has 0 bridgehead atoms. The zero-order chi connectivity index (χ0) is 14.2. The van der Waals surface area contributed by atoms with Gasteiger partial charge in [-0.15, -0.1) is 0 Å². The van der Waals surface area contributed by atoms with Gasteiger partial charge in [-0.05, 0) is 31.5 Å². The first kappa shape index (κ1) is 14.2. The molecule has 0 spiro atoms. The van der Waals surface area contributed by atoms with E-state index < -0.39 is 0 Å². The zero-order valence-corrected chi connectivity index (χ0v) is 11.9. The largest absolute Gasteiger partial charge is 0.490 e. The summed E-state index contributed by atoms with van der Waals surface area (Å²) >= 11 is 0. The van der Waals surface area contributed by atoms with Crippen LogP contribution in [0.5, 0.6) is 17.4 Å². The Morgan fingerprint density at radius 3 is 2.55 bits per heavy atom. The number of hydrogen-bond donors (Lipinski definition) is 1. The van der Waals surface area contributed by atoms with E-state index in [2.05, 4.69) is 17.2 Å². The molecule has 0 amide bonds. The number of nitrogens with one attached hydrogen (secondary N) is 1. The smallest absolute Gasteiger partial charge is 0.221 e. The maximum atomic E-state index is 5.81. The van der Waals surface area contributed by atoms with Crippen LogP contribution in [0.25, 0.3) is 0 Å². The predicted octanol–water partition coefficient (Wildman–Crippen LogP) is 4.09. The van der Waals surface area contributed by atoms with Gasteiger partial charge in [-0.2, -0.15) is 4.98 Å². The van der Waals surface area contributed by atoms with Crippen molar-refractivity contribution in [3.05, 3.63) is 42.5 Å².